The van der Waals surface area contributed by atoms with Gasteiger partial charge in [-0.2, -0.15) is 0 Å². The lowest BCUT2D eigenvalue weighted by atomic mass is 10.0. The molecule has 10 heteroatoms. The number of allylic oxidation sites excluding steroid dienone is 5. The van der Waals surface area contributed by atoms with Crippen molar-refractivity contribution in [2.24, 2.45) is 0 Å². The summed E-state index contributed by atoms with van der Waals surface area (Å²) in [6.07, 6.45) is 78.4. The van der Waals surface area contributed by atoms with E-state index in [0.717, 1.165) is 64.2 Å². The van der Waals surface area contributed by atoms with Gasteiger partial charge in [-0.1, -0.05) is 327 Å². The lowest BCUT2D eigenvalue weighted by molar-refractivity contribution is -0.870. The van der Waals surface area contributed by atoms with E-state index < -0.39 is 20.0 Å². The second-order valence-electron chi connectivity index (χ2n) is 26.1. The smallest absolute Gasteiger partial charge is 0.306 e. The molecule has 0 heterocycles. The maximum Gasteiger partial charge on any atom is 0.306 e. The number of unbranched alkanes of at least 4 members (excludes halogenated alkanes) is 47. The quantitative estimate of drug-likeness (QED) is 0.0212. The number of nitrogens with zero attached hydrogens (tertiary/aromatic N) is 1. The molecule has 0 saturated heterocycles. The molecule has 3 unspecified atom stereocenters. The van der Waals surface area contributed by atoms with Gasteiger partial charge in [0.2, 0.25) is 5.91 Å². The molecule has 0 spiro atoms. The van der Waals surface area contributed by atoms with E-state index in [0.29, 0.717) is 17.4 Å². The van der Waals surface area contributed by atoms with Crippen molar-refractivity contribution in [3.8, 4) is 0 Å². The predicted molar refractivity (Wildman–Crippen MR) is 358 cm³/mol. The molecule has 1 amide bonds. The second-order valence-corrected chi connectivity index (χ2v) is 27.5. The summed E-state index contributed by atoms with van der Waals surface area (Å²) in [4.78, 5) is 40.2. The van der Waals surface area contributed by atoms with E-state index in [1.807, 2.05) is 33.3 Å². The molecule has 0 radical (unpaired) electrons. The highest BCUT2D eigenvalue weighted by Crippen LogP contribution is 2.38. The van der Waals surface area contributed by atoms with Crippen LogP contribution >= 0.6 is 7.82 Å². The average Bonchev–Trinajstić information content (AvgIpc) is 3.47. The number of phosphoric ester groups is 1. The summed E-state index contributed by atoms with van der Waals surface area (Å²) in [5, 5.41) is 3.05. The van der Waals surface area contributed by atoms with Crippen LogP contribution in [0.1, 0.15) is 367 Å². The molecule has 0 aliphatic heterocycles. The number of nitrogens with one attached hydrogen (secondary N) is 1. The molecule has 0 saturated carbocycles. The lowest BCUT2D eigenvalue weighted by Crippen LogP contribution is -2.47. The lowest BCUT2D eigenvalue weighted by Gasteiger charge is -2.30. The Labute approximate surface area is 516 Å². The Morgan fingerprint density at radius 3 is 1.11 bits per heavy atom. The largest absolute Gasteiger partial charge is 0.756 e. The van der Waals surface area contributed by atoms with Gasteiger partial charge < -0.3 is 28.5 Å². The number of carbonyl (C=O) groups excluding carboxylic acids is 2. The molecule has 0 aromatic heterocycles. The van der Waals surface area contributed by atoms with Gasteiger partial charge in [0, 0.05) is 12.8 Å². The monoisotopic (exact) mass is 1190 g/mol. The van der Waals surface area contributed by atoms with Gasteiger partial charge in [-0.25, -0.2) is 0 Å². The molecule has 0 bridgehead atoms. The maximum absolute atomic E-state index is 13.6. The van der Waals surface area contributed by atoms with Crippen molar-refractivity contribution >= 4 is 19.7 Å². The number of quaternary nitrogens is 1. The summed E-state index contributed by atoms with van der Waals surface area (Å²) in [5.74, 6) is -0.518. The van der Waals surface area contributed by atoms with Crippen molar-refractivity contribution in [3.63, 3.8) is 0 Å². The highest BCUT2D eigenvalue weighted by Gasteiger charge is 2.27. The number of phosphoric acid groups is 1. The van der Waals surface area contributed by atoms with Crippen LogP contribution in [-0.2, 0) is 27.9 Å². The van der Waals surface area contributed by atoms with Crippen LogP contribution in [0.3, 0.4) is 0 Å². The molecule has 0 aliphatic rings. The van der Waals surface area contributed by atoms with Gasteiger partial charge in [0.25, 0.3) is 7.82 Å². The average molecular weight is 1190 g/mol. The first-order valence-electron chi connectivity index (χ1n) is 36.3. The third-order valence-electron chi connectivity index (χ3n) is 16.6. The van der Waals surface area contributed by atoms with Gasteiger partial charge >= 0.3 is 5.97 Å². The van der Waals surface area contributed by atoms with E-state index in [2.05, 4.69) is 50.4 Å². The summed E-state index contributed by atoms with van der Waals surface area (Å²) in [6, 6.07) is -0.884. The summed E-state index contributed by atoms with van der Waals surface area (Å²) >= 11 is 0. The van der Waals surface area contributed by atoms with E-state index in [-0.39, 0.29) is 31.5 Å². The van der Waals surface area contributed by atoms with E-state index in [1.54, 1.807) is 0 Å². The number of rotatable bonds is 67. The van der Waals surface area contributed by atoms with Crippen LogP contribution in [0.15, 0.2) is 36.5 Å². The second kappa shape index (κ2) is 63.3. The van der Waals surface area contributed by atoms with Crippen molar-refractivity contribution in [2.45, 2.75) is 380 Å². The van der Waals surface area contributed by atoms with Crippen LogP contribution in [-0.4, -0.2) is 69.4 Å². The van der Waals surface area contributed by atoms with Crippen LogP contribution in [0, 0.1) is 0 Å². The molecular weight excluding hydrogens is 1050 g/mol. The first-order valence-corrected chi connectivity index (χ1v) is 37.8. The highest BCUT2D eigenvalue weighted by molar-refractivity contribution is 7.45. The summed E-state index contributed by atoms with van der Waals surface area (Å²) < 4.78 is 30.5. The molecule has 490 valence electrons. The van der Waals surface area contributed by atoms with Crippen LogP contribution < -0.4 is 10.2 Å². The number of likely N-dealkylation sites (N-methyl/N-ethyl adjacent to an activating group) is 1. The number of carbonyl (C=O) groups is 2. The number of amides is 1. The molecular formula is C73H141N2O7P. The minimum absolute atomic E-state index is 0.0184. The standard InChI is InChI=1S/C73H141N2O7P/c1-7-10-13-16-19-22-25-28-30-32-33-34-35-36-37-38-39-40-41-43-45-48-51-54-57-60-63-66-73(77)82-71(64-61-58-55-52-49-46-27-24-21-18-15-12-9-3)70(69-81-83(78,79)80-68-67-75(4,5)6)74-72(76)65-62-59-56-53-50-47-44-42-31-29-26-23-20-17-14-11-8-2/h19,22,28,30,61,64,70-71H,7-18,20-21,23-27,29,31-60,62-63,65-69H2,1-6H3,(H-,74,76,78,79)/b22-19-,30-28-,64-61+. The normalized spacial score (nSPS) is 13.7. The summed E-state index contributed by atoms with van der Waals surface area (Å²) in [7, 11) is 1.21. The zero-order valence-corrected chi connectivity index (χ0v) is 57.1. The first kappa shape index (κ1) is 81.2. The molecule has 9 nitrogen and oxygen atoms in total. The topological polar surface area (TPSA) is 114 Å². The van der Waals surface area contributed by atoms with Gasteiger partial charge in [-0.15, -0.1) is 0 Å². The van der Waals surface area contributed by atoms with Crippen LogP contribution in [0.5, 0.6) is 0 Å². The zero-order chi connectivity index (χ0) is 60.7. The van der Waals surface area contributed by atoms with Crippen molar-refractivity contribution in [3.05, 3.63) is 36.5 Å². The molecule has 0 aliphatic carbocycles. The molecule has 1 N–H and O–H groups in total. The van der Waals surface area contributed by atoms with E-state index >= 15 is 0 Å². The number of esters is 1. The van der Waals surface area contributed by atoms with E-state index in [4.69, 9.17) is 13.8 Å². The van der Waals surface area contributed by atoms with Crippen molar-refractivity contribution in [1.29, 1.82) is 0 Å². The zero-order valence-electron chi connectivity index (χ0n) is 56.2. The Balaban J connectivity index is 5.00. The Kier molecular flexibility index (Phi) is 61.9. The third-order valence-corrected chi connectivity index (χ3v) is 17.5. The fourth-order valence-corrected chi connectivity index (χ4v) is 11.7. The Morgan fingerprint density at radius 1 is 0.422 bits per heavy atom. The maximum atomic E-state index is 13.6. The highest BCUT2D eigenvalue weighted by atomic mass is 31.2. The van der Waals surface area contributed by atoms with Crippen molar-refractivity contribution in [1.82, 2.24) is 5.32 Å². The Hall–Kier alpha value is -1.77. The van der Waals surface area contributed by atoms with Crippen LogP contribution in [0.4, 0.5) is 0 Å². The van der Waals surface area contributed by atoms with Gasteiger partial charge in [0.15, 0.2) is 0 Å². The van der Waals surface area contributed by atoms with Crippen LogP contribution in [0.25, 0.3) is 0 Å². The van der Waals surface area contributed by atoms with Gasteiger partial charge in [-0.3, -0.25) is 14.2 Å². The van der Waals surface area contributed by atoms with Gasteiger partial charge in [0.1, 0.15) is 19.3 Å². The number of hydrogen-bond donors (Lipinski definition) is 1. The van der Waals surface area contributed by atoms with Gasteiger partial charge in [0.05, 0.1) is 33.8 Å². The Bertz CT molecular complexity index is 1510. The fourth-order valence-electron chi connectivity index (χ4n) is 11.0. The van der Waals surface area contributed by atoms with Crippen LogP contribution in [0.2, 0.25) is 0 Å². The minimum Gasteiger partial charge on any atom is -0.756 e. The van der Waals surface area contributed by atoms with Gasteiger partial charge in [-0.05, 0) is 63.9 Å². The molecule has 0 fully saturated rings. The minimum atomic E-state index is -4.70. The number of ether oxygens (including phenoxy) is 1. The molecule has 3 atom stereocenters. The van der Waals surface area contributed by atoms with Crippen molar-refractivity contribution in [2.75, 3.05) is 40.9 Å². The predicted octanol–water partition coefficient (Wildman–Crippen LogP) is 22.4. The summed E-state index contributed by atoms with van der Waals surface area (Å²) in [6.45, 7) is 6.89. The molecule has 0 aromatic rings. The fraction of sp³-hybridized carbons (Fsp3) is 0.890. The Morgan fingerprint density at radius 2 is 0.735 bits per heavy atom. The van der Waals surface area contributed by atoms with Crippen molar-refractivity contribution < 1.29 is 37.3 Å². The third kappa shape index (κ3) is 64.5. The molecule has 0 aromatic carbocycles. The molecule has 0 rings (SSSR count). The van der Waals surface area contributed by atoms with E-state index in [9.17, 15) is 19.0 Å². The molecule has 83 heavy (non-hydrogen) atoms. The summed E-state index contributed by atoms with van der Waals surface area (Å²) in [5.41, 5.74) is 0. The SMILES string of the molecule is CCCCC/C=C\C/C=C\CCCCCCCCCCCCCCCCCCCC(=O)OC(/C=C/CCCCCCCCCCCCC)C(COP(=O)([O-])OCC[N+](C)(C)C)NC(=O)CCCCCCCCCCCCCCCCCCC. The number of hydrogen-bond acceptors (Lipinski definition) is 7. The first-order chi connectivity index (χ1) is 40.4. The van der Waals surface area contributed by atoms with E-state index in [1.165, 1.54) is 270 Å².